The van der Waals surface area contributed by atoms with Gasteiger partial charge in [0.15, 0.2) is 5.16 Å². The van der Waals surface area contributed by atoms with Crippen LogP contribution in [0.4, 0.5) is 0 Å². The Morgan fingerprint density at radius 3 is 2.70 bits per heavy atom. The molecule has 112 valence electrons. The molecule has 7 heteroatoms. The summed E-state index contributed by atoms with van der Waals surface area (Å²) in [4.78, 5) is 13.2. The summed E-state index contributed by atoms with van der Waals surface area (Å²) in [6, 6.07) is 0. The highest BCUT2D eigenvalue weighted by atomic mass is 35.5. The third-order valence-corrected chi connectivity index (χ3v) is 5.06. The molecule has 1 fully saturated rings. The number of aromatic nitrogens is 3. The Morgan fingerprint density at radius 1 is 1.40 bits per heavy atom. The quantitative estimate of drug-likeness (QED) is 0.475. The largest absolute Gasteiger partial charge is 0.343 e. The van der Waals surface area contributed by atoms with Gasteiger partial charge in [-0.3, -0.25) is 4.79 Å². The van der Waals surface area contributed by atoms with Gasteiger partial charge in [-0.15, -0.1) is 21.8 Å². The third-order valence-electron chi connectivity index (χ3n) is 3.68. The lowest BCUT2D eigenvalue weighted by atomic mass is 9.96. The summed E-state index contributed by atoms with van der Waals surface area (Å²) >= 11 is 7.39. The number of amides is 1. The molecule has 5 nitrogen and oxygen atoms in total. The summed E-state index contributed by atoms with van der Waals surface area (Å²) in [6.45, 7) is 3.28. The van der Waals surface area contributed by atoms with E-state index in [1.54, 1.807) is 18.7 Å². The lowest BCUT2D eigenvalue weighted by Crippen LogP contribution is -2.36. The Morgan fingerprint density at radius 2 is 2.10 bits per heavy atom. The van der Waals surface area contributed by atoms with Gasteiger partial charge >= 0.3 is 0 Å². The van der Waals surface area contributed by atoms with Gasteiger partial charge in [-0.2, -0.15) is 0 Å². The summed E-state index contributed by atoms with van der Waals surface area (Å²) in [5.41, 5.74) is 0. The summed E-state index contributed by atoms with van der Waals surface area (Å²) in [5.74, 6) is 3.27. The van der Waals surface area contributed by atoms with Gasteiger partial charge in [-0.05, 0) is 19.3 Å². The van der Waals surface area contributed by atoms with E-state index in [1.165, 1.54) is 0 Å². The Labute approximate surface area is 129 Å². The van der Waals surface area contributed by atoms with Crippen LogP contribution in [0.2, 0.25) is 0 Å². The van der Waals surface area contributed by atoms with Crippen LogP contribution in [0.25, 0.3) is 0 Å². The molecule has 0 bridgehead atoms. The van der Waals surface area contributed by atoms with E-state index in [4.69, 9.17) is 11.6 Å². The van der Waals surface area contributed by atoms with E-state index < -0.39 is 0 Å². The molecule has 1 aromatic rings. The number of thioether (sulfide) groups is 1. The number of hydrogen-bond acceptors (Lipinski definition) is 4. The predicted octanol–water partition coefficient (Wildman–Crippen LogP) is 2.26. The molecule has 1 amide bonds. The Hall–Kier alpha value is -0.750. The summed E-state index contributed by atoms with van der Waals surface area (Å²) < 4.78 is 2.09. The van der Waals surface area contributed by atoms with E-state index in [1.807, 2.05) is 11.9 Å². The molecular weight excluding hydrogens is 296 g/mol. The molecule has 0 N–H and O–H groups in total. The first kappa shape index (κ1) is 15.6. The van der Waals surface area contributed by atoms with Gasteiger partial charge in [0.05, 0.1) is 0 Å². The first-order valence-corrected chi connectivity index (χ1v) is 8.49. The summed E-state index contributed by atoms with van der Waals surface area (Å²) in [6.07, 6.45) is 2.92. The van der Waals surface area contributed by atoms with Crippen LogP contribution in [-0.4, -0.2) is 50.3 Å². The van der Waals surface area contributed by atoms with Crippen LogP contribution >= 0.6 is 23.4 Å². The van der Waals surface area contributed by atoms with Crippen molar-refractivity contribution in [3.05, 3.63) is 5.82 Å². The highest BCUT2D eigenvalue weighted by Gasteiger charge is 2.26. The molecule has 1 aliphatic heterocycles. The van der Waals surface area contributed by atoms with Crippen molar-refractivity contribution >= 4 is 29.3 Å². The van der Waals surface area contributed by atoms with E-state index in [2.05, 4.69) is 14.8 Å². The van der Waals surface area contributed by atoms with E-state index >= 15 is 0 Å². The molecule has 0 atom stereocenters. The highest BCUT2D eigenvalue weighted by Crippen LogP contribution is 2.28. The number of halogens is 1. The molecule has 20 heavy (non-hydrogen) atoms. The highest BCUT2D eigenvalue weighted by molar-refractivity contribution is 7.99. The Bertz CT molecular complexity index is 457. The average molecular weight is 317 g/mol. The molecule has 0 saturated carbocycles. The number of likely N-dealkylation sites (tertiary alicyclic amines) is 1. The minimum atomic E-state index is 0.165. The zero-order valence-electron chi connectivity index (χ0n) is 12.0. The number of piperidine rings is 1. The van der Waals surface area contributed by atoms with Crippen molar-refractivity contribution in [1.29, 1.82) is 0 Å². The molecule has 0 spiro atoms. The summed E-state index contributed by atoms with van der Waals surface area (Å²) in [5, 5.41) is 9.57. The van der Waals surface area contributed by atoms with Crippen LogP contribution in [0.3, 0.4) is 0 Å². The minimum Gasteiger partial charge on any atom is -0.343 e. The van der Waals surface area contributed by atoms with Crippen molar-refractivity contribution in [3.63, 3.8) is 0 Å². The van der Waals surface area contributed by atoms with Crippen molar-refractivity contribution in [1.82, 2.24) is 19.7 Å². The van der Waals surface area contributed by atoms with Crippen LogP contribution in [0.1, 0.15) is 37.9 Å². The van der Waals surface area contributed by atoms with E-state index in [0.29, 0.717) is 11.8 Å². The van der Waals surface area contributed by atoms with Gasteiger partial charge in [0.25, 0.3) is 0 Å². The molecule has 1 saturated heterocycles. The smallest absolute Gasteiger partial charge is 0.219 e. The lowest BCUT2D eigenvalue weighted by Gasteiger charge is -2.30. The molecule has 0 aromatic carbocycles. The first-order chi connectivity index (χ1) is 9.63. The van der Waals surface area contributed by atoms with Crippen LogP contribution in [0, 0.1) is 0 Å². The maximum Gasteiger partial charge on any atom is 0.219 e. The monoisotopic (exact) mass is 316 g/mol. The second-order valence-electron chi connectivity index (χ2n) is 5.07. The number of alkyl halides is 1. The zero-order valence-corrected chi connectivity index (χ0v) is 13.6. The maximum atomic E-state index is 11.3. The minimum absolute atomic E-state index is 0.165. The first-order valence-electron chi connectivity index (χ1n) is 6.97. The molecule has 0 radical (unpaired) electrons. The van der Waals surface area contributed by atoms with Gasteiger partial charge in [-0.1, -0.05) is 11.8 Å². The fourth-order valence-electron chi connectivity index (χ4n) is 2.48. The average Bonchev–Trinajstić information content (AvgIpc) is 2.81. The normalized spacial score (nSPS) is 16.6. The van der Waals surface area contributed by atoms with Crippen molar-refractivity contribution in [2.45, 2.75) is 37.3 Å². The molecule has 0 aliphatic carbocycles. The van der Waals surface area contributed by atoms with E-state index in [0.717, 1.165) is 49.1 Å². The van der Waals surface area contributed by atoms with E-state index in [9.17, 15) is 4.79 Å². The molecule has 1 aromatic heterocycles. The predicted molar refractivity (Wildman–Crippen MR) is 81.3 cm³/mol. The van der Waals surface area contributed by atoms with Crippen molar-refractivity contribution in [2.24, 2.45) is 7.05 Å². The number of nitrogens with zero attached hydrogens (tertiary/aromatic N) is 4. The van der Waals surface area contributed by atoms with Crippen LogP contribution in [0.5, 0.6) is 0 Å². The fourth-order valence-corrected chi connectivity index (χ4v) is 3.63. The van der Waals surface area contributed by atoms with Crippen LogP contribution in [0.15, 0.2) is 5.16 Å². The molecule has 1 aliphatic rings. The summed E-state index contributed by atoms with van der Waals surface area (Å²) in [7, 11) is 2.02. The van der Waals surface area contributed by atoms with Gasteiger partial charge < -0.3 is 9.47 Å². The molecule has 0 unspecified atom stereocenters. The van der Waals surface area contributed by atoms with Crippen molar-refractivity contribution in [3.8, 4) is 0 Å². The Balaban J connectivity index is 1.95. The van der Waals surface area contributed by atoms with Crippen molar-refractivity contribution in [2.75, 3.05) is 24.7 Å². The maximum absolute atomic E-state index is 11.3. The van der Waals surface area contributed by atoms with Gasteiger partial charge in [0.2, 0.25) is 5.91 Å². The second kappa shape index (κ2) is 7.31. The second-order valence-corrected chi connectivity index (χ2v) is 6.51. The van der Waals surface area contributed by atoms with Crippen LogP contribution < -0.4 is 0 Å². The molecule has 2 heterocycles. The van der Waals surface area contributed by atoms with Gasteiger partial charge in [-0.25, -0.2) is 0 Å². The fraction of sp³-hybridized carbons (Fsp3) is 0.769. The van der Waals surface area contributed by atoms with E-state index in [-0.39, 0.29) is 5.91 Å². The SMILES string of the molecule is CC(=O)N1CCC(c2nnc(SCCCCl)n2C)CC1. The molecule has 2 rings (SSSR count). The standard InChI is InChI=1S/C13H21ClN4OS/c1-10(19)18-7-4-11(5-8-18)12-15-16-13(17(12)2)20-9-3-6-14/h11H,3-9H2,1-2H3. The number of carbonyl (C=O) groups is 1. The van der Waals surface area contributed by atoms with Crippen molar-refractivity contribution < 1.29 is 4.79 Å². The number of carbonyl (C=O) groups excluding carboxylic acids is 1. The molecular formula is C13H21ClN4OS. The topological polar surface area (TPSA) is 51.0 Å². The van der Waals surface area contributed by atoms with Gasteiger partial charge in [0, 0.05) is 44.6 Å². The Kier molecular flexibility index (Phi) is 5.72. The van der Waals surface area contributed by atoms with Crippen LogP contribution in [-0.2, 0) is 11.8 Å². The zero-order chi connectivity index (χ0) is 14.5. The number of hydrogen-bond donors (Lipinski definition) is 0. The third kappa shape index (κ3) is 3.67. The number of rotatable bonds is 5. The lowest BCUT2D eigenvalue weighted by molar-refractivity contribution is -0.129. The van der Waals surface area contributed by atoms with Gasteiger partial charge in [0.1, 0.15) is 5.82 Å².